The first-order valence-electron chi connectivity index (χ1n) is 19.2. The molecule has 0 aliphatic heterocycles. The van der Waals surface area contributed by atoms with Gasteiger partial charge >= 0.3 is 11.9 Å². The number of aromatic amines is 1. The molecule has 5 aromatic rings. The SMILES string of the molecule is C.C.COC(=O)c1[nH]c2ccc(Cl)cc2c1OC.COC(=O)c1c(OC)c2cc(Cl)ccc2n1Cc1ccc(Cl)cc1.S=S=S=S=S=S=S=S=S=S=S=S=S=S=S=S=S=S=S=S=S=S=S=S=S=S=S=S=S=S=S=S=S=S=S=S=S=S=S=S=S=S=S=S=S. The molecule has 0 bridgehead atoms. The Labute approximate surface area is 650 Å². The summed E-state index contributed by atoms with van der Waals surface area (Å²) >= 11 is 27.5. The fourth-order valence-corrected chi connectivity index (χ4v) is 118. The molecule has 0 radical (unpaired) electrons. The van der Waals surface area contributed by atoms with Gasteiger partial charge in [-0.15, -0.1) is 0 Å². The molecule has 0 amide bonds. The van der Waals surface area contributed by atoms with E-state index in [0.29, 0.717) is 44.5 Å². The maximum absolute atomic E-state index is 12.3. The molecule has 0 aliphatic carbocycles. The predicted molar refractivity (Wildman–Crippen MR) is 501 cm³/mol. The van der Waals surface area contributed by atoms with Gasteiger partial charge in [0.05, 0.1) is 34.0 Å². The van der Waals surface area contributed by atoms with E-state index in [1.165, 1.54) is 46.2 Å². The summed E-state index contributed by atoms with van der Waals surface area (Å²) in [5.74, 6) is -0.0324. The number of ether oxygens (including phenoxy) is 4. The van der Waals surface area contributed by atoms with Crippen molar-refractivity contribution in [2.75, 3.05) is 28.4 Å². The molecular formula is C31H33Cl3N2O6S45. The lowest BCUT2D eigenvalue weighted by Crippen LogP contribution is -2.12. The van der Waals surface area contributed by atoms with Gasteiger partial charge in [0.15, 0.2) is 22.9 Å². The molecule has 87 heavy (non-hydrogen) atoms. The zero-order valence-electron chi connectivity index (χ0n) is 40.4. The molecule has 0 aliphatic rings. The summed E-state index contributed by atoms with van der Waals surface area (Å²) in [7, 11) is 82.2. The van der Waals surface area contributed by atoms with Gasteiger partial charge < -0.3 is 28.5 Å². The molecule has 56 heteroatoms. The molecule has 8 nitrogen and oxygen atoms in total. The van der Waals surface area contributed by atoms with E-state index in [0.717, 1.165) is 27.4 Å². The number of H-pyrrole nitrogens is 1. The second-order valence-corrected chi connectivity index (χ2v) is 88.8. The van der Waals surface area contributed by atoms with Crippen molar-refractivity contribution in [2.24, 2.45) is 0 Å². The van der Waals surface area contributed by atoms with Gasteiger partial charge in [0.1, 0.15) is 0 Å². The fraction of sp³-hybridized carbons (Fsp3) is 0.226. The zero-order chi connectivity index (χ0) is 61.4. The van der Waals surface area contributed by atoms with Crippen LogP contribution in [0.5, 0.6) is 11.5 Å². The number of benzene rings is 3. The van der Waals surface area contributed by atoms with Crippen LogP contribution in [0.25, 0.3) is 21.8 Å². The molecule has 2 aromatic heterocycles. The lowest BCUT2D eigenvalue weighted by molar-refractivity contribution is 0.0579. The van der Waals surface area contributed by atoms with E-state index in [-0.39, 0.29) is 14.9 Å². The largest absolute Gasteiger partial charge is 0.494 e. The number of carbonyl (C=O) groups is 2. The highest BCUT2D eigenvalue weighted by Crippen LogP contribution is 2.36. The van der Waals surface area contributed by atoms with Gasteiger partial charge in [-0.25, -0.2) is 9.59 Å². The Morgan fingerprint density at radius 1 is 0.402 bits per heavy atom. The van der Waals surface area contributed by atoms with Crippen molar-refractivity contribution >= 4 is 473 Å². The number of methoxy groups -OCH3 is 4. The second kappa shape index (κ2) is 63.0. The lowest BCUT2D eigenvalue weighted by Gasteiger charge is -2.10. The van der Waals surface area contributed by atoms with Crippen molar-refractivity contribution in [3.8, 4) is 11.5 Å². The number of hydrogen-bond donors (Lipinski definition) is 1. The quantitative estimate of drug-likeness (QED) is 0.169. The van der Waals surface area contributed by atoms with Crippen LogP contribution in [-0.4, -0.2) is 49.9 Å². The van der Waals surface area contributed by atoms with Crippen LogP contribution in [0.1, 0.15) is 41.4 Å². The topological polar surface area (TPSA) is 91.8 Å². The maximum atomic E-state index is 12.3. The van der Waals surface area contributed by atoms with Crippen molar-refractivity contribution in [3.63, 3.8) is 0 Å². The second-order valence-electron chi connectivity index (χ2n) is 11.4. The standard InChI is InChI=1S/C18H15Cl2NO3.C11H10ClNO3.2CH4.S45/c1-23-17-14-9-13(20)7-8-15(14)21(16(17)18(22)24-2)10-11-3-5-12(19)6-4-11;1-15-10-7-5-6(12)3-4-8(7)13-9(10)11(14)16-2;;;1-3-5-7-9-11-13-15-17-19-21-23-25-27-29-31-33-35-37-39-41-43-45-44-42-40-38-36-34-32-30-28-26-24-22-20-18-16-14-12-10-8-6-4-2/h3-9H,10H2,1-2H3;3-5,13H,1-2H3;2*1H4;. The zero-order valence-corrected chi connectivity index (χ0v) is 79.4. The summed E-state index contributed by atoms with van der Waals surface area (Å²) in [5, 5.41) is 3.34. The molecule has 1 N–H and O–H groups in total. The Kier molecular flexibility index (Phi) is 66.0. The number of carbonyl (C=O) groups excluding carboxylic acids is 2. The molecule has 494 valence electrons. The number of hydrogen-bond acceptors (Lipinski definition) is 8. The predicted octanol–water partition coefficient (Wildman–Crippen LogP) is 8.57. The lowest BCUT2D eigenvalue weighted by atomic mass is 10.2. The number of nitrogens with zero attached hydrogens (tertiary/aromatic N) is 1. The number of nitrogens with one attached hydrogen (secondary N) is 1. The number of fused-ring (bicyclic) bond motifs is 2. The van der Waals surface area contributed by atoms with Crippen LogP contribution in [-0.2, 0) is 420 Å². The Bertz CT molecular complexity index is 5220. The molecule has 0 atom stereocenters. The summed E-state index contributed by atoms with van der Waals surface area (Å²) in [6, 6.07) is 18.1. The van der Waals surface area contributed by atoms with Crippen LogP contribution < -0.4 is 9.47 Å². The minimum absolute atomic E-state index is 0. The summed E-state index contributed by atoms with van der Waals surface area (Å²) in [4.78, 5) is 26.8. The van der Waals surface area contributed by atoms with Gasteiger partial charge in [-0.1, -0.05) is 61.8 Å². The first kappa shape index (κ1) is 91.1. The molecular weight excluding hydrogens is 2050 g/mol. The monoisotopic (exact) mass is 2070 g/mol. The average Bonchev–Trinajstić information content (AvgIpc) is 1.71. The van der Waals surface area contributed by atoms with E-state index in [2.05, 4.69) is 9.72 Å². The van der Waals surface area contributed by atoms with Crippen LogP contribution in [0.2, 0.25) is 15.1 Å². The first-order valence-corrected chi connectivity index (χ1v) is 79.0. The Morgan fingerprint density at radius 2 is 0.701 bits per heavy atom. The molecule has 0 fully saturated rings. The Morgan fingerprint density at radius 3 is 1.01 bits per heavy atom. The summed E-state index contributed by atoms with van der Waals surface area (Å²) < 4.78 is 22.1. The Hall–Kier alpha value is 6.05. The smallest absolute Gasteiger partial charge is 0.358 e. The van der Waals surface area contributed by atoms with Crippen LogP contribution >= 0.6 is 34.8 Å². The summed E-state index contributed by atoms with van der Waals surface area (Å²) in [5.41, 5.74) is 3.27. The first-order chi connectivity index (χ1) is 41.6. The van der Waals surface area contributed by atoms with Crippen molar-refractivity contribution in [1.82, 2.24) is 9.55 Å². The number of halogens is 3. The molecule has 2 heterocycles. The van der Waals surface area contributed by atoms with Crippen LogP contribution in [0, 0.1) is 0 Å². The van der Waals surface area contributed by atoms with Crippen LogP contribution in [0.15, 0.2) is 60.7 Å². The third-order valence-corrected chi connectivity index (χ3v) is 101. The number of rotatable bonds is 6. The van der Waals surface area contributed by atoms with Gasteiger partial charge in [0, 0.05) is 442 Å². The minimum Gasteiger partial charge on any atom is -0.494 e. The molecule has 0 saturated carbocycles. The fourth-order valence-electron chi connectivity index (χ4n) is 4.80. The van der Waals surface area contributed by atoms with Crippen molar-refractivity contribution in [3.05, 3.63) is 92.7 Å². The molecule has 0 unspecified atom stereocenters. The van der Waals surface area contributed by atoms with E-state index in [4.69, 9.17) is 71.4 Å². The van der Waals surface area contributed by atoms with E-state index in [1.54, 1.807) is 137 Å². The van der Waals surface area contributed by atoms with Gasteiger partial charge in [-0.2, -0.15) is 0 Å². The highest BCUT2D eigenvalue weighted by atomic mass is 35.5. The van der Waals surface area contributed by atoms with Gasteiger partial charge in [-0.05, 0) is 54.1 Å². The molecule has 0 saturated heterocycles. The van der Waals surface area contributed by atoms with Crippen LogP contribution in [0.3, 0.4) is 0 Å². The third-order valence-electron chi connectivity index (χ3n) is 7.29. The highest BCUT2D eigenvalue weighted by Gasteiger charge is 2.25. The highest BCUT2D eigenvalue weighted by molar-refractivity contribution is 8.81. The minimum atomic E-state index is -0.468. The summed E-state index contributed by atoms with van der Waals surface area (Å²) in [6.45, 7) is 0.475. The number of aromatic nitrogens is 2. The van der Waals surface area contributed by atoms with Crippen molar-refractivity contribution < 1.29 is 28.5 Å². The number of esters is 2. The molecule has 0 spiro atoms. The van der Waals surface area contributed by atoms with Crippen molar-refractivity contribution in [2.45, 2.75) is 21.4 Å². The normalized spacial score (nSPS) is 8.91. The van der Waals surface area contributed by atoms with Gasteiger partial charge in [0.2, 0.25) is 0 Å². The molecule has 3 aromatic carbocycles. The third kappa shape index (κ3) is 42.8. The van der Waals surface area contributed by atoms with E-state index < -0.39 is 11.9 Å². The van der Waals surface area contributed by atoms with Crippen LogP contribution in [0.4, 0.5) is 0 Å². The van der Waals surface area contributed by atoms with Gasteiger partial charge in [-0.3, -0.25) is 0 Å². The average molecular weight is 2080 g/mol. The maximum Gasteiger partial charge on any atom is 0.358 e. The van der Waals surface area contributed by atoms with E-state index in [9.17, 15) is 9.59 Å². The van der Waals surface area contributed by atoms with E-state index in [1.807, 2.05) is 292 Å². The van der Waals surface area contributed by atoms with Crippen molar-refractivity contribution in [1.29, 1.82) is 0 Å². The van der Waals surface area contributed by atoms with E-state index >= 15 is 0 Å². The molecule has 5 rings (SSSR count). The summed E-state index contributed by atoms with van der Waals surface area (Å²) in [6.07, 6.45) is 0. The van der Waals surface area contributed by atoms with Gasteiger partial charge in [0.25, 0.3) is 0 Å². The Balaban J connectivity index is 0.000000739.